The molecule has 1 aliphatic heterocycles. The van der Waals surface area contributed by atoms with Crippen LogP contribution in [0.1, 0.15) is 26.2 Å². The first kappa shape index (κ1) is 8.33. The van der Waals surface area contributed by atoms with Crippen molar-refractivity contribution in [3.8, 4) is 0 Å². The van der Waals surface area contributed by atoms with Crippen LogP contribution in [0.3, 0.4) is 0 Å². The van der Waals surface area contributed by atoms with Gasteiger partial charge in [0.15, 0.2) is 0 Å². The summed E-state index contributed by atoms with van der Waals surface area (Å²) in [5.41, 5.74) is 1.65. The summed E-state index contributed by atoms with van der Waals surface area (Å²) in [6.45, 7) is 2.75. The lowest BCUT2D eigenvalue weighted by Crippen LogP contribution is -2.46. The Hall–Kier alpha value is -0.770. The Morgan fingerprint density at radius 2 is 2.36 bits per heavy atom. The molecule has 0 aromatic rings. The van der Waals surface area contributed by atoms with Crippen molar-refractivity contribution in [2.45, 2.75) is 32.2 Å². The van der Waals surface area contributed by atoms with Gasteiger partial charge >= 0.3 is 6.03 Å². The van der Waals surface area contributed by atoms with Crippen LogP contribution >= 0.6 is 0 Å². The molecule has 4 nitrogen and oxygen atoms in total. The molecule has 2 amide bonds. The van der Waals surface area contributed by atoms with E-state index in [2.05, 4.69) is 0 Å². The third-order valence-electron chi connectivity index (χ3n) is 2.16. The highest BCUT2D eigenvalue weighted by Crippen LogP contribution is 2.15. The summed E-state index contributed by atoms with van der Waals surface area (Å²) in [6, 6.07) is -0.117. The van der Waals surface area contributed by atoms with E-state index in [1.54, 1.807) is 10.4 Å². The molecule has 1 atom stereocenters. The van der Waals surface area contributed by atoms with Gasteiger partial charge in [0.25, 0.3) is 0 Å². The molecule has 0 aromatic heterocycles. The van der Waals surface area contributed by atoms with Crippen LogP contribution in [0.25, 0.3) is 0 Å². The van der Waals surface area contributed by atoms with Crippen molar-refractivity contribution >= 4 is 6.03 Å². The molecular weight excluding hydrogens is 144 g/mol. The number of urea groups is 1. The second kappa shape index (κ2) is 3.57. The highest BCUT2D eigenvalue weighted by molar-refractivity contribution is 5.73. The molecule has 0 radical (unpaired) electrons. The molecule has 1 rings (SSSR count). The van der Waals surface area contributed by atoms with Crippen LogP contribution in [-0.4, -0.2) is 28.7 Å². The predicted molar refractivity (Wildman–Crippen MR) is 40.3 cm³/mol. The van der Waals surface area contributed by atoms with Crippen LogP contribution in [0.5, 0.6) is 0 Å². The van der Waals surface area contributed by atoms with Crippen LogP contribution in [0, 0.1) is 0 Å². The fraction of sp³-hybridized carbons (Fsp3) is 0.857. The van der Waals surface area contributed by atoms with Crippen LogP contribution < -0.4 is 5.48 Å². The molecule has 1 aliphatic rings. The van der Waals surface area contributed by atoms with Crippen molar-refractivity contribution in [1.29, 1.82) is 0 Å². The van der Waals surface area contributed by atoms with Gasteiger partial charge in [0.1, 0.15) is 0 Å². The van der Waals surface area contributed by atoms with Crippen LogP contribution in [0.2, 0.25) is 0 Å². The van der Waals surface area contributed by atoms with Gasteiger partial charge in [-0.15, -0.1) is 0 Å². The van der Waals surface area contributed by atoms with Gasteiger partial charge in [-0.05, 0) is 26.2 Å². The molecule has 4 heteroatoms. The number of rotatable bonds is 0. The molecule has 64 valence electrons. The summed E-state index contributed by atoms with van der Waals surface area (Å²) >= 11 is 0. The topological polar surface area (TPSA) is 52.6 Å². The minimum atomic E-state index is -0.378. The van der Waals surface area contributed by atoms with Crippen molar-refractivity contribution in [1.82, 2.24) is 10.4 Å². The van der Waals surface area contributed by atoms with Crippen molar-refractivity contribution in [2.24, 2.45) is 0 Å². The zero-order valence-electron chi connectivity index (χ0n) is 6.71. The second-order valence-electron chi connectivity index (χ2n) is 2.96. The smallest absolute Gasteiger partial charge is 0.320 e. The normalized spacial score (nSPS) is 24.9. The summed E-state index contributed by atoms with van der Waals surface area (Å²) in [5.74, 6) is 0. The van der Waals surface area contributed by atoms with Gasteiger partial charge in [0.05, 0.1) is 0 Å². The quantitative estimate of drug-likeness (QED) is 0.407. The molecule has 0 spiro atoms. The Bertz CT molecular complexity index is 149. The van der Waals surface area contributed by atoms with Crippen molar-refractivity contribution in [2.75, 3.05) is 6.54 Å². The lowest BCUT2D eigenvalue weighted by Gasteiger charge is -2.32. The standard InChI is InChI=1S/C7H14N2O2/c1-6-4-2-3-5-9(6)7(10)8-11/h6,11H,2-5H2,1H3,(H,8,10). The molecule has 1 fully saturated rings. The molecular formula is C7H14N2O2. The Balaban J connectivity index is 2.47. The molecule has 1 unspecified atom stereocenters. The van der Waals surface area contributed by atoms with Gasteiger partial charge in [-0.25, -0.2) is 10.3 Å². The van der Waals surface area contributed by atoms with E-state index in [0.29, 0.717) is 0 Å². The van der Waals surface area contributed by atoms with E-state index in [4.69, 9.17) is 5.21 Å². The SMILES string of the molecule is CC1CCCCN1C(=O)NO. The summed E-state index contributed by atoms with van der Waals surface area (Å²) in [6.07, 6.45) is 3.25. The van der Waals surface area contributed by atoms with Gasteiger partial charge in [0.2, 0.25) is 0 Å². The molecule has 1 heterocycles. The maximum atomic E-state index is 10.9. The molecule has 2 N–H and O–H groups in total. The van der Waals surface area contributed by atoms with E-state index in [9.17, 15) is 4.79 Å². The highest BCUT2D eigenvalue weighted by atomic mass is 16.5. The third kappa shape index (κ3) is 1.83. The molecule has 0 bridgehead atoms. The number of carbonyl (C=O) groups excluding carboxylic acids is 1. The minimum absolute atomic E-state index is 0.260. The van der Waals surface area contributed by atoms with Crippen LogP contribution in [0.4, 0.5) is 4.79 Å². The first-order valence-corrected chi connectivity index (χ1v) is 3.96. The van der Waals surface area contributed by atoms with Crippen LogP contribution in [-0.2, 0) is 0 Å². The Labute approximate surface area is 66.1 Å². The molecule has 11 heavy (non-hydrogen) atoms. The van der Waals surface area contributed by atoms with E-state index in [1.807, 2.05) is 6.92 Å². The Morgan fingerprint density at radius 1 is 1.64 bits per heavy atom. The molecule has 0 aromatic carbocycles. The van der Waals surface area contributed by atoms with E-state index in [-0.39, 0.29) is 12.1 Å². The molecule has 0 aliphatic carbocycles. The number of nitrogens with one attached hydrogen (secondary N) is 1. The van der Waals surface area contributed by atoms with E-state index in [1.165, 1.54) is 6.42 Å². The van der Waals surface area contributed by atoms with E-state index in [0.717, 1.165) is 19.4 Å². The van der Waals surface area contributed by atoms with Crippen LogP contribution in [0.15, 0.2) is 0 Å². The van der Waals surface area contributed by atoms with Crippen molar-refractivity contribution in [3.63, 3.8) is 0 Å². The lowest BCUT2D eigenvalue weighted by molar-refractivity contribution is 0.106. The fourth-order valence-corrected chi connectivity index (χ4v) is 1.46. The minimum Gasteiger partial charge on any atom is -0.320 e. The predicted octanol–water partition coefficient (Wildman–Crippen LogP) is 0.960. The van der Waals surface area contributed by atoms with Gasteiger partial charge < -0.3 is 4.90 Å². The Morgan fingerprint density at radius 3 is 2.91 bits per heavy atom. The summed E-state index contributed by atoms with van der Waals surface area (Å²) in [5, 5.41) is 8.36. The van der Waals surface area contributed by atoms with Crippen molar-refractivity contribution < 1.29 is 10.0 Å². The maximum Gasteiger partial charge on any atom is 0.341 e. The van der Waals surface area contributed by atoms with Gasteiger partial charge in [-0.3, -0.25) is 5.21 Å². The number of hydroxylamine groups is 1. The van der Waals surface area contributed by atoms with Gasteiger partial charge in [-0.1, -0.05) is 0 Å². The number of carbonyl (C=O) groups is 1. The summed E-state index contributed by atoms with van der Waals surface area (Å²) in [7, 11) is 0. The van der Waals surface area contributed by atoms with E-state index >= 15 is 0 Å². The average molecular weight is 158 g/mol. The number of piperidine rings is 1. The number of amides is 2. The lowest BCUT2D eigenvalue weighted by atomic mass is 10.0. The maximum absolute atomic E-state index is 10.9. The first-order valence-electron chi connectivity index (χ1n) is 3.96. The van der Waals surface area contributed by atoms with E-state index < -0.39 is 0 Å². The Kier molecular flexibility index (Phi) is 2.70. The zero-order chi connectivity index (χ0) is 8.27. The number of likely N-dealkylation sites (tertiary alicyclic amines) is 1. The monoisotopic (exact) mass is 158 g/mol. The largest absolute Gasteiger partial charge is 0.341 e. The highest BCUT2D eigenvalue weighted by Gasteiger charge is 2.22. The number of nitrogens with zero attached hydrogens (tertiary/aromatic N) is 1. The number of hydrogen-bond acceptors (Lipinski definition) is 2. The third-order valence-corrected chi connectivity index (χ3v) is 2.16. The number of hydrogen-bond donors (Lipinski definition) is 2. The first-order chi connectivity index (χ1) is 5.25. The fourth-order valence-electron chi connectivity index (χ4n) is 1.46. The van der Waals surface area contributed by atoms with Gasteiger partial charge in [-0.2, -0.15) is 0 Å². The molecule has 1 saturated heterocycles. The summed E-state index contributed by atoms with van der Waals surface area (Å²) in [4.78, 5) is 12.6. The average Bonchev–Trinajstić information content (AvgIpc) is 2.04. The van der Waals surface area contributed by atoms with Gasteiger partial charge in [0, 0.05) is 12.6 Å². The molecule has 0 saturated carbocycles. The second-order valence-corrected chi connectivity index (χ2v) is 2.96. The zero-order valence-corrected chi connectivity index (χ0v) is 6.71. The van der Waals surface area contributed by atoms with Crippen molar-refractivity contribution in [3.05, 3.63) is 0 Å². The summed E-state index contributed by atoms with van der Waals surface area (Å²) < 4.78 is 0.